The number of thioether (sulfide) groups is 1. The minimum absolute atomic E-state index is 0.0467. The van der Waals surface area contributed by atoms with E-state index in [0.717, 1.165) is 0 Å². The first-order valence-corrected chi connectivity index (χ1v) is 7.68. The fourth-order valence-electron chi connectivity index (χ4n) is 2.07. The number of nitrogens with two attached hydrogens (primary N) is 1. The van der Waals surface area contributed by atoms with E-state index in [1.807, 2.05) is 0 Å². The van der Waals surface area contributed by atoms with Crippen molar-refractivity contribution >= 4 is 57.4 Å². The van der Waals surface area contributed by atoms with E-state index in [0.29, 0.717) is 24.4 Å². The van der Waals surface area contributed by atoms with Crippen LogP contribution in [0, 0.1) is 5.92 Å². The molecule has 1 aromatic heterocycles. The van der Waals surface area contributed by atoms with Crippen molar-refractivity contribution in [1.29, 1.82) is 0 Å². The van der Waals surface area contributed by atoms with Gasteiger partial charge >= 0.3 is 0 Å². The lowest BCUT2D eigenvalue weighted by molar-refractivity contribution is -0.117. The van der Waals surface area contributed by atoms with Gasteiger partial charge < -0.3 is 10.6 Å². The van der Waals surface area contributed by atoms with Gasteiger partial charge in [-0.1, -0.05) is 35.0 Å². The lowest BCUT2D eigenvalue weighted by atomic mass is 10.1. The van der Waals surface area contributed by atoms with E-state index >= 15 is 0 Å². The molecule has 1 atom stereocenters. The Hall–Kier alpha value is -0.980. The summed E-state index contributed by atoms with van der Waals surface area (Å²) in [7, 11) is 0. The molecule has 1 unspecified atom stereocenters. The number of hydrogen-bond acceptors (Lipinski definition) is 5. The molecule has 1 fully saturated rings. The summed E-state index contributed by atoms with van der Waals surface area (Å²) in [5.74, 6) is 0.676. The smallest absolute Gasteiger partial charge is 0.227 e. The summed E-state index contributed by atoms with van der Waals surface area (Å²) >= 11 is 13.0. The van der Waals surface area contributed by atoms with Crippen LogP contribution < -0.4 is 10.6 Å². The van der Waals surface area contributed by atoms with E-state index in [4.69, 9.17) is 28.9 Å². The van der Waals surface area contributed by atoms with Gasteiger partial charge in [-0.25, -0.2) is 4.98 Å². The van der Waals surface area contributed by atoms with Gasteiger partial charge in [0.05, 0.1) is 11.4 Å². The van der Waals surface area contributed by atoms with Crippen LogP contribution in [0.4, 0.5) is 11.4 Å². The summed E-state index contributed by atoms with van der Waals surface area (Å²) in [4.78, 5) is 28.4. The molecule has 1 aliphatic rings. The number of aromatic nitrogens is 1. The summed E-state index contributed by atoms with van der Waals surface area (Å²) in [6, 6.07) is 1.53. The molecule has 0 radical (unpaired) electrons. The minimum Gasteiger partial charge on any atom is -0.395 e. The fraction of sp³-hybridized carbons (Fsp3) is 0.417. The zero-order valence-electron chi connectivity index (χ0n) is 10.7. The van der Waals surface area contributed by atoms with Crippen LogP contribution in [-0.2, 0) is 9.59 Å². The summed E-state index contributed by atoms with van der Waals surface area (Å²) in [6.07, 6.45) is 0.386. The van der Waals surface area contributed by atoms with Crippen molar-refractivity contribution in [3.8, 4) is 0 Å². The Morgan fingerprint density at radius 3 is 2.95 bits per heavy atom. The van der Waals surface area contributed by atoms with Crippen LogP contribution in [-0.4, -0.2) is 28.3 Å². The van der Waals surface area contributed by atoms with Crippen LogP contribution in [0.15, 0.2) is 6.07 Å². The average molecular weight is 334 g/mol. The average Bonchev–Trinajstić information content (AvgIpc) is 2.72. The third-order valence-electron chi connectivity index (χ3n) is 2.98. The molecule has 0 saturated carbocycles. The van der Waals surface area contributed by atoms with Crippen LogP contribution in [0.1, 0.15) is 13.3 Å². The third-order valence-corrected chi connectivity index (χ3v) is 4.50. The van der Waals surface area contributed by atoms with E-state index in [1.54, 1.807) is 4.90 Å². The number of halogens is 2. The van der Waals surface area contributed by atoms with Gasteiger partial charge in [0.15, 0.2) is 10.3 Å². The van der Waals surface area contributed by atoms with Crippen molar-refractivity contribution in [3.05, 3.63) is 16.4 Å². The number of nitrogen functional groups attached to an aromatic ring is 1. The maximum Gasteiger partial charge on any atom is 0.227 e. The zero-order valence-corrected chi connectivity index (χ0v) is 13.1. The first kappa shape index (κ1) is 15.4. The molecule has 0 spiro atoms. The number of rotatable bonds is 3. The Morgan fingerprint density at radius 2 is 2.30 bits per heavy atom. The number of hydrogen-bond donors (Lipinski definition) is 1. The highest BCUT2D eigenvalue weighted by molar-refractivity contribution is 8.13. The van der Waals surface area contributed by atoms with Crippen LogP contribution in [0.2, 0.25) is 10.3 Å². The van der Waals surface area contributed by atoms with Crippen molar-refractivity contribution in [2.24, 2.45) is 5.92 Å². The number of carbonyl (C=O) groups excluding carboxylic acids is 2. The molecule has 1 aromatic rings. The number of nitrogens with zero attached hydrogens (tertiary/aromatic N) is 2. The maximum atomic E-state index is 12.1. The van der Waals surface area contributed by atoms with E-state index < -0.39 is 0 Å². The summed E-state index contributed by atoms with van der Waals surface area (Å²) in [5, 5.41) is 0.320. The van der Waals surface area contributed by atoms with Gasteiger partial charge in [-0.05, 0) is 5.92 Å². The molecule has 0 aliphatic carbocycles. The molecule has 2 heterocycles. The molecule has 1 amide bonds. The second-order valence-corrected chi connectivity index (χ2v) is 6.49. The van der Waals surface area contributed by atoms with Gasteiger partial charge in [-0.3, -0.25) is 9.59 Å². The summed E-state index contributed by atoms with van der Waals surface area (Å²) < 4.78 is 0. The molecule has 1 aliphatic heterocycles. The van der Waals surface area contributed by atoms with Crippen molar-refractivity contribution in [3.63, 3.8) is 0 Å². The predicted molar refractivity (Wildman–Crippen MR) is 82.3 cm³/mol. The predicted octanol–water partition coefficient (Wildman–Crippen LogP) is 2.60. The lowest BCUT2D eigenvalue weighted by Crippen LogP contribution is -2.26. The molecule has 108 valence electrons. The third kappa shape index (κ3) is 3.37. The molecule has 5 nitrogen and oxygen atoms in total. The lowest BCUT2D eigenvalue weighted by Gasteiger charge is -2.19. The fourth-order valence-corrected chi connectivity index (χ4v) is 3.18. The molecule has 8 heteroatoms. The van der Waals surface area contributed by atoms with Crippen LogP contribution in [0.25, 0.3) is 0 Å². The molecule has 2 rings (SSSR count). The first-order valence-electron chi connectivity index (χ1n) is 5.93. The second-order valence-electron chi connectivity index (χ2n) is 4.55. The van der Waals surface area contributed by atoms with Crippen molar-refractivity contribution < 1.29 is 9.59 Å². The van der Waals surface area contributed by atoms with E-state index in [2.05, 4.69) is 4.98 Å². The summed E-state index contributed by atoms with van der Waals surface area (Å²) in [6.45, 7) is 2.01. The van der Waals surface area contributed by atoms with Crippen molar-refractivity contribution in [1.82, 2.24) is 4.98 Å². The van der Waals surface area contributed by atoms with E-state index in [-0.39, 0.29) is 32.9 Å². The number of amides is 1. The van der Waals surface area contributed by atoms with Crippen LogP contribution in [0.5, 0.6) is 0 Å². The number of anilines is 2. The standard InChI is InChI=1S/C12H13Cl2N3O2S/c1-6(18)20-5-7-2-10(19)17(4-7)8-3-9(13)16-12(14)11(8)15/h3,7H,2,4-5,15H2,1H3. The molecule has 2 N–H and O–H groups in total. The Labute approximate surface area is 130 Å². The van der Waals surface area contributed by atoms with E-state index in [9.17, 15) is 9.59 Å². The number of pyridine rings is 1. The quantitative estimate of drug-likeness (QED) is 0.860. The second kappa shape index (κ2) is 6.20. The van der Waals surface area contributed by atoms with Crippen molar-refractivity contribution in [2.45, 2.75) is 13.3 Å². The zero-order chi connectivity index (χ0) is 14.9. The van der Waals surface area contributed by atoms with Gasteiger partial charge in [0.1, 0.15) is 5.15 Å². The molecule has 0 bridgehead atoms. The Balaban J connectivity index is 2.18. The normalized spacial score (nSPS) is 18.6. The highest BCUT2D eigenvalue weighted by atomic mass is 35.5. The molecule has 0 aromatic carbocycles. The maximum absolute atomic E-state index is 12.1. The Morgan fingerprint density at radius 1 is 1.60 bits per heavy atom. The SMILES string of the molecule is CC(=O)SCC1CC(=O)N(c2cc(Cl)nc(Cl)c2N)C1. The number of carbonyl (C=O) groups is 2. The van der Waals surface area contributed by atoms with Gasteiger partial charge in [-0.2, -0.15) is 0 Å². The van der Waals surface area contributed by atoms with Gasteiger partial charge in [0.25, 0.3) is 0 Å². The van der Waals surface area contributed by atoms with Gasteiger partial charge in [0, 0.05) is 31.7 Å². The molecular formula is C12H13Cl2N3O2S. The molecule has 20 heavy (non-hydrogen) atoms. The largest absolute Gasteiger partial charge is 0.395 e. The highest BCUT2D eigenvalue weighted by Gasteiger charge is 2.32. The first-order chi connectivity index (χ1) is 9.38. The van der Waals surface area contributed by atoms with E-state index in [1.165, 1.54) is 24.8 Å². The summed E-state index contributed by atoms with van der Waals surface area (Å²) in [5.41, 5.74) is 6.58. The van der Waals surface area contributed by atoms with Crippen LogP contribution in [0.3, 0.4) is 0 Å². The minimum atomic E-state index is -0.0517. The van der Waals surface area contributed by atoms with Gasteiger partial charge in [-0.15, -0.1) is 0 Å². The monoisotopic (exact) mass is 333 g/mol. The van der Waals surface area contributed by atoms with Crippen LogP contribution >= 0.6 is 35.0 Å². The van der Waals surface area contributed by atoms with Crippen molar-refractivity contribution in [2.75, 3.05) is 22.9 Å². The molecular weight excluding hydrogens is 321 g/mol. The topological polar surface area (TPSA) is 76.3 Å². The Kier molecular flexibility index (Phi) is 4.78. The highest BCUT2D eigenvalue weighted by Crippen LogP contribution is 2.35. The molecule has 1 saturated heterocycles. The van der Waals surface area contributed by atoms with Gasteiger partial charge in [0.2, 0.25) is 5.91 Å². The Bertz CT molecular complexity index is 568.